The predicted molar refractivity (Wildman–Crippen MR) is 147 cm³/mol. The highest BCUT2D eigenvalue weighted by molar-refractivity contribution is 7.92. The van der Waals surface area contributed by atoms with Crippen molar-refractivity contribution < 1.29 is 27.4 Å². The Bertz CT molecular complexity index is 1430. The molecule has 1 unspecified atom stereocenters. The van der Waals surface area contributed by atoms with Crippen molar-refractivity contribution in [3.63, 3.8) is 0 Å². The van der Waals surface area contributed by atoms with Crippen LogP contribution in [-0.4, -0.2) is 40.7 Å². The molecule has 1 aliphatic heterocycles. The van der Waals surface area contributed by atoms with Gasteiger partial charge in [0.05, 0.1) is 30.8 Å². The largest absolute Gasteiger partial charge is 0.497 e. The minimum Gasteiger partial charge on any atom is -0.497 e. The molecule has 0 saturated carbocycles. The van der Waals surface area contributed by atoms with Crippen molar-refractivity contribution in [2.24, 2.45) is 0 Å². The minimum absolute atomic E-state index is 0.0871. The van der Waals surface area contributed by atoms with Gasteiger partial charge in [0.1, 0.15) is 29.4 Å². The molecule has 0 spiro atoms. The lowest BCUT2D eigenvalue weighted by Crippen LogP contribution is -2.45. The number of fused-ring (bicyclic) bond motifs is 1. The molecule has 38 heavy (non-hydrogen) atoms. The number of rotatable bonds is 8. The second-order valence-electron chi connectivity index (χ2n) is 10.1. The number of hydrogen-bond donors (Lipinski definition) is 1. The number of ether oxygens (including phenoxy) is 3. The summed E-state index contributed by atoms with van der Waals surface area (Å²) in [7, 11) is -1.04. The van der Waals surface area contributed by atoms with Crippen LogP contribution in [0.5, 0.6) is 17.2 Å². The van der Waals surface area contributed by atoms with E-state index in [-0.39, 0.29) is 10.9 Å². The summed E-state index contributed by atoms with van der Waals surface area (Å²) >= 11 is 0. The second kappa shape index (κ2) is 10.6. The molecule has 4 rings (SSSR count). The van der Waals surface area contributed by atoms with Crippen molar-refractivity contribution in [3.05, 3.63) is 77.4 Å². The number of nitrogens with one attached hydrogen (secondary N) is 1. The van der Waals surface area contributed by atoms with E-state index in [0.717, 1.165) is 21.0 Å². The highest BCUT2D eigenvalue weighted by Gasteiger charge is 2.36. The van der Waals surface area contributed by atoms with Crippen molar-refractivity contribution in [1.82, 2.24) is 5.32 Å². The second-order valence-corrected chi connectivity index (χ2v) is 12.0. The maximum absolute atomic E-state index is 13.9. The number of sulfonamides is 1. The van der Waals surface area contributed by atoms with Crippen LogP contribution in [0.2, 0.25) is 0 Å². The summed E-state index contributed by atoms with van der Waals surface area (Å²) < 4.78 is 45.8. The van der Waals surface area contributed by atoms with Gasteiger partial charge in [-0.2, -0.15) is 0 Å². The zero-order valence-corrected chi connectivity index (χ0v) is 23.4. The quantitative estimate of drug-likeness (QED) is 0.437. The molecule has 1 amide bonds. The monoisotopic (exact) mass is 538 g/mol. The average molecular weight is 539 g/mol. The van der Waals surface area contributed by atoms with E-state index in [4.69, 9.17) is 14.2 Å². The van der Waals surface area contributed by atoms with Gasteiger partial charge in [0.2, 0.25) is 5.91 Å². The van der Waals surface area contributed by atoms with Crippen molar-refractivity contribution in [2.45, 2.75) is 50.7 Å². The average Bonchev–Trinajstić information content (AvgIpc) is 2.86. The molecule has 3 aromatic carbocycles. The zero-order chi connectivity index (χ0) is 27.7. The van der Waals surface area contributed by atoms with Gasteiger partial charge >= 0.3 is 0 Å². The number of aryl methyl sites for hydroxylation is 2. The van der Waals surface area contributed by atoms with Crippen LogP contribution in [0, 0.1) is 13.8 Å². The SMILES string of the molecule is COc1ccc2c(c1)OC(C)(C)CC2NC(=O)CN(c1cc(C)ccc1OC)S(=O)(=O)c1ccc(C)cc1. The highest BCUT2D eigenvalue weighted by atomic mass is 32.2. The molecule has 1 heterocycles. The number of carbonyl (C=O) groups excluding carboxylic acids is 1. The lowest BCUT2D eigenvalue weighted by molar-refractivity contribution is -0.120. The van der Waals surface area contributed by atoms with Crippen LogP contribution in [0.4, 0.5) is 5.69 Å². The van der Waals surface area contributed by atoms with Crippen molar-refractivity contribution in [3.8, 4) is 17.2 Å². The molecule has 1 atom stereocenters. The van der Waals surface area contributed by atoms with Crippen molar-refractivity contribution >= 4 is 21.6 Å². The van der Waals surface area contributed by atoms with Gasteiger partial charge in [-0.25, -0.2) is 8.42 Å². The van der Waals surface area contributed by atoms with E-state index in [9.17, 15) is 13.2 Å². The van der Waals surface area contributed by atoms with Crippen LogP contribution in [0.1, 0.15) is 43.0 Å². The Kier molecular flexibility index (Phi) is 7.60. The highest BCUT2D eigenvalue weighted by Crippen LogP contribution is 2.41. The van der Waals surface area contributed by atoms with E-state index in [2.05, 4.69) is 5.32 Å². The van der Waals surface area contributed by atoms with Gasteiger partial charge in [-0.15, -0.1) is 0 Å². The summed E-state index contributed by atoms with van der Waals surface area (Å²) in [5.41, 5.74) is 2.31. The topological polar surface area (TPSA) is 94.2 Å². The van der Waals surface area contributed by atoms with Crippen LogP contribution in [0.25, 0.3) is 0 Å². The van der Waals surface area contributed by atoms with Gasteiger partial charge in [-0.1, -0.05) is 23.8 Å². The lowest BCUT2D eigenvalue weighted by Gasteiger charge is -2.38. The number of hydrogen-bond acceptors (Lipinski definition) is 6. The minimum atomic E-state index is -4.10. The number of methoxy groups -OCH3 is 2. The first-order chi connectivity index (χ1) is 17.9. The molecule has 3 aromatic rings. The number of benzene rings is 3. The first kappa shape index (κ1) is 27.3. The summed E-state index contributed by atoms with van der Waals surface area (Å²) in [5, 5.41) is 3.05. The Balaban J connectivity index is 1.70. The molecule has 9 heteroatoms. The van der Waals surface area contributed by atoms with Gasteiger partial charge in [0.25, 0.3) is 10.0 Å². The van der Waals surface area contributed by atoms with Crippen LogP contribution in [0.3, 0.4) is 0 Å². The summed E-state index contributed by atoms with van der Waals surface area (Å²) in [6, 6.07) is 16.9. The van der Waals surface area contributed by atoms with Gasteiger partial charge < -0.3 is 19.5 Å². The summed E-state index contributed by atoms with van der Waals surface area (Å²) in [4.78, 5) is 13.6. The molecule has 0 aliphatic carbocycles. The first-order valence-corrected chi connectivity index (χ1v) is 13.8. The maximum atomic E-state index is 13.9. The third-order valence-electron chi connectivity index (χ3n) is 6.51. The van der Waals surface area contributed by atoms with Crippen LogP contribution < -0.4 is 23.8 Å². The Morgan fingerprint density at radius 3 is 2.34 bits per heavy atom. The van der Waals surface area contributed by atoms with E-state index in [1.807, 2.05) is 45.9 Å². The third-order valence-corrected chi connectivity index (χ3v) is 8.29. The Morgan fingerprint density at radius 2 is 1.68 bits per heavy atom. The van der Waals surface area contributed by atoms with Crippen LogP contribution in [0.15, 0.2) is 65.6 Å². The molecule has 0 aromatic heterocycles. The van der Waals surface area contributed by atoms with Crippen LogP contribution >= 0.6 is 0 Å². The van der Waals surface area contributed by atoms with Crippen LogP contribution in [-0.2, 0) is 14.8 Å². The van der Waals surface area contributed by atoms with Gasteiger partial charge in [0.15, 0.2) is 0 Å². The van der Waals surface area contributed by atoms with Crippen molar-refractivity contribution in [1.29, 1.82) is 0 Å². The first-order valence-electron chi connectivity index (χ1n) is 12.3. The van der Waals surface area contributed by atoms with Gasteiger partial charge in [-0.05, 0) is 69.7 Å². The summed E-state index contributed by atoms with van der Waals surface area (Å²) in [5.74, 6) is 1.17. The van der Waals surface area contributed by atoms with Crippen molar-refractivity contribution in [2.75, 3.05) is 25.1 Å². The molecule has 0 saturated heterocycles. The predicted octanol–water partition coefficient (Wildman–Crippen LogP) is 4.93. The van der Waals surface area contributed by atoms with E-state index in [1.165, 1.54) is 7.11 Å². The van der Waals surface area contributed by atoms with E-state index >= 15 is 0 Å². The number of amides is 1. The van der Waals surface area contributed by atoms with Gasteiger partial charge in [0, 0.05) is 18.1 Å². The fourth-order valence-electron chi connectivity index (χ4n) is 4.59. The fourth-order valence-corrected chi connectivity index (χ4v) is 6.01. The maximum Gasteiger partial charge on any atom is 0.264 e. The van der Waals surface area contributed by atoms with Gasteiger partial charge in [-0.3, -0.25) is 9.10 Å². The van der Waals surface area contributed by atoms with E-state index < -0.39 is 28.1 Å². The summed E-state index contributed by atoms with van der Waals surface area (Å²) in [6.07, 6.45) is 0.510. The standard InChI is InChI=1S/C29H34N2O6S/c1-19-7-11-22(12-8-19)38(33,34)31(25-15-20(2)9-14-26(25)36-6)18-28(32)30-24-17-29(3,4)37-27-16-21(35-5)10-13-23(24)27/h7-16,24H,17-18H2,1-6H3,(H,30,32). The Labute approximate surface area is 224 Å². The Hall–Kier alpha value is -3.72. The smallest absolute Gasteiger partial charge is 0.264 e. The molecule has 1 aliphatic rings. The third kappa shape index (κ3) is 5.72. The molecular weight excluding hydrogens is 504 g/mol. The molecule has 0 fully saturated rings. The molecule has 202 valence electrons. The number of carbonyl (C=O) groups is 1. The summed E-state index contributed by atoms with van der Waals surface area (Å²) in [6.45, 7) is 7.20. The number of anilines is 1. The lowest BCUT2D eigenvalue weighted by atomic mass is 9.89. The molecular formula is C29H34N2O6S. The van der Waals surface area contributed by atoms with E-state index in [0.29, 0.717) is 29.4 Å². The van der Waals surface area contributed by atoms with E-state index in [1.54, 1.807) is 49.6 Å². The Morgan fingerprint density at radius 1 is 1.00 bits per heavy atom. The molecule has 1 N–H and O–H groups in total. The molecule has 0 radical (unpaired) electrons. The molecule has 8 nitrogen and oxygen atoms in total. The zero-order valence-electron chi connectivity index (χ0n) is 22.6. The number of nitrogens with zero attached hydrogens (tertiary/aromatic N) is 1. The molecule has 0 bridgehead atoms. The fraction of sp³-hybridized carbons (Fsp3) is 0.345. The normalized spacial score (nSPS) is 16.1.